The van der Waals surface area contributed by atoms with Gasteiger partial charge in [-0.2, -0.15) is 0 Å². The maximum atomic E-state index is 10.4. The summed E-state index contributed by atoms with van der Waals surface area (Å²) in [6.45, 7) is -0.154. The fourth-order valence-corrected chi connectivity index (χ4v) is 5.39. The fraction of sp³-hybridized carbons (Fsp3) is 1.00. The van der Waals surface area contributed by atoms with Crippen LogP contribution in [-0.4, -0.2) is 72.4 Å². The molecule has 0 aromatic rings. The molecule has 4 fully saturated rings. The van der Waals surface area contributed by atoms with Crippen LogP contribution in [0.2, 0.25) is 0 Å². The number of aliphatic hydroxyl groups is 1. The first kappa shape index (κ1) is 25.1. The Labute approximate surface area is 199 Å². The molecule has 35 heavy (non-hydrogen) atoms. The zero-order chi connectivity index (χ0) is 24.8. The van der Waals surface area contributed by atoms with Crippen molar-refractivity contribution in [1.82, 2.24) is 0 Å². The van der Waals surface area contributed by atoms with E-state index in [9.17, 15) is 10.6 Å². The van der Waals surface area contributed by atoms with E-state index in [4.69, 9.17) is 35.5 Å². The molecule has 0 amide bonds. The molecule has 0 aromatic heterocycles. The number of hydrogen-bond acceptors (Lipinski definition) is 9. The second kappa shape index (κ2) is 11.2. The number of rotatable bonds is 7. The maximum absolute atomic E-state index is 10.4. The Morgan fingerprint density at radius 1 is 0.829 bits per heavy atom. The van der Waals surface area contributed by atoms with Crippen LogP contribution in [0.15, 0.2) is 20.5 Å². The zero-order valence-corrected chi connectivity index (χ0v) is 18.8. The summed E-state index contributed by atoms with van der Waals surface area (Å²) in [5.74, 6) is -0.846. The second-order valence-electron chi connectivity index (χ2n) is 9.05. The molecular formula is C18H26N12O5. The Hall–Kier alpha value is -2.96. The van der Waals surface area contributed by atoms with Gasteiger partial charge in [0.15, 0.2) is 12.1 Å². The van der Waals surface area contributed by atoms with Gasteiger partial charge in [0.2, 0.25) is 0 Å². The van der Waals surface area contributed by atoms with Gasteiger partial charge in [-0.25, -0.2) is 0 Å². The standard InChI is InChI=1S/C18H26N12O5/c19-27-23-8-13-12(31)7-11(26-30-22)17(32-13)33-14-9(24-28-20)6-10(25-29-21)15-16(14)35-18(34-15)4-2-1-3-5-18/h9-17,31H,1-8H2/t9-,10+,11+,12-,13+,14+,15-,16-,17+/m0/s1. The molecule has 9 atom stereocenters. The summed E-state index contributed by atoms with van der Waals surface area (Å²) in [5, 5.41) is 25.3. The van der Waals surface area contributed by atoms with E-state index in [1.54, 1.807) is 0 Å². The van der Waals surface area contributed by atoms with Crippen LogP contribution in [0.1, 0.15) is 44.9 Å². The molecule has 2 heterocycles. The molecule has 0 unspecified atom stereocenters. The van der Waals surface area contributed by atoms with Crippen molar-refractivity contribution in [1.29, 1.82) is 0 Å². The van der Waals surface area contributed by atoms with Crippen LogP contribution in [0.4, 0.5) is 0 Å². The minimum absolute atomic E-state index is 0.00991. The number of aliphatic hydroxyl groups excluding tert-OH is 1. The van der Waals surface area contributed by atoms with Crippen LogP contribution in [0.3, 0.4) is 0 Å². The van der Waals surface area contributed by atoms with Crippen LogP contribution >= 0.6 is 0 Å². The van der Waals surface area contributed by atoms with Gasteiger partial charge in [0.25, 0.3) is 0 Å². The van der Waals surface area contributed by atoms with Gasteiger partial charge in [-0.15, -0.1) is 0 Å². The van der Waals surface area contributed by atoms with Crippen LogP contribution in [0.25, 0.3) is 41.8 Å². The van der Waals surface area contributed by atoms with Crippen molar-refractivity contribution in [2.75, 3.05) is 6.54 Å². The molecule has 2 aliphatic carbocycles. The predicted octanol–water partition coefficient (Wildman–Crippen LogP) is 4.04. The lowest BCUT2D eigenvalue weighted by atomic mass is 9.84. The molecule has 0 radical (unpaired) electrons. The number of azide groups is 4. The first-order chi connectivity index (χ1) is 17.0. The third kappa shape index (κ3) is 5.34. The smallest absolute Gasteiger partial charge is 0.169 e. The maximum Gasteiger partial charge on any atom is 0.169 e. The van der Waals surface area contributed by atoms with E-state index in [1.807, 2.05) is 0 Å². The molecule has 4 aliphatic rings. The van der Waals surface area contributed by atoms with Crippen molar-refractivity contribution in [3.8, 4) is 0 Å². The Bertz CT molecular complexity index is 967. The van der Waals surface area contributed by atoms with E-state index in [1.165, 1.54) is 0 Å². The third-order valence-corrected chi connectivity index (χ3v) is 6.96. The lowest BCUT2D eigenvalue weighted by Gasteiger charge is -2.43. The number of fused-ring (bicyclic) bond motifs is 1. The van der Waals surface area contributed by atoms with E-state index >= 15 is 0 Å². The van der Waals surface area contributed by atoms with Crippen LogP contribution in [-0.2, 0) is 18.9 Å². The molecule has 1 spiro atoms. The minimum Gasteiger partial charge on any atom is -0.390 e. The van der Waals surface area contributed by atoms with Gasteiger partial charge in [0.05, 0.1) is 49.1 Å². The van der Waals surface area contributed by atoms with Crippen molar-refractivity contribution in [3.63, 3.8) is 0 Å². The first-order valence-electron chi connectivity index (χ1n) is 11.5. The quantitative estimate of drug-likeness (QED) is 0.314. The molecule has 0 bridgehead atoms. The molecular weight excluding hydrogens is 464 g/mol. The molecule has 2 aliphatic heterocycles. The average molecular weight is 490 g/mol. The van der Waals surface area contributed by atoms with E-state index in [0.29, 0.717) is 12.8 Å². The Kier molecular flexibility index (Phi) is 8.04. The first-order valence-corrected chi connectivity index (χ1v) is 11.5. The largest absolute Gasteiger partial charge is 0.390 e. The summed E-state index contributed by atoms with van der Waals surface area (Å²) < 4.78 is 24.9. The summed E-state index contributed by atoms with van der Waals surface area (Å²) >= 11 is 0. The number of nitrogens with zero attached hydrogens (tertiary/aromatic N) is 12. The highest BCUT2D eigenvalue weighted by atomic mass is 16.8. The van der Waals surface area contributed by atoms with E-state index in [2.05, 4.69) is 40.1 Å². The van der Waals surface area contributed by atoms with Crippen LogP contribution in [0, 0.1) is 0 Å². The van der Waals surface area contributed by atoms with E-state index in [0.717, 1.165) is 19.3 Å². The highest BCUT2D eigenvalue weighted by Crippen LogP contribution is 2.47. The highest BCUT2D eigenvalue weighted by molar-refractivity contribution is 5.07. The normalized spacial score (nSPS) is 39.7. The lowest BCUT2D eigenvalue weighted by Crippen LogP contribution is -2.58. The van der Waals surface area contributed by atoms with Crippen LogP contribution in [0.5, 0.6) is 0 Å². The Balaban J connectivity index is 1.64. The van der Waals surface area contributed by atoms with Crippen molar-refractivity contribution in [2.45, 2.75) is 106 Å². The molecule has 4 rings (SSSR count). The topological polar surface area (TPSA) is 252 Å². The summed E-state index contributed by atoms with van der Waals surface area (Å²) in [5.41, 5.74) is 36.0. The summed E-state index contributed by atoms with van der Waals surface area (Å²) in [6, 6.07) is -2.33. The van der Waals surface area contributed by atoms with Gasteiger partial charge in [0.1, 0.15) is 6.10 Å². The monoisotopic (exact) mass is 490 g/mol. The van der Waals surface area contributed by atoms with Crippen molar-refractivity contribution in [2.24, 2.45) is 20.5 Å². The average Bonchev–Trinajstić information content (AvgIpc) is 3.21. The lowest BCUT2D eigenvalue weighted by molar-refractivity contribution is -0.267. The Morgan fingerprint density at radius 3 is 2.17 bits per heavy atom. The predicted molar refractivity (Wildman–Crippen MR) is 117 cm³/mol. The zero-order valence-electron chi connectivity index (χ0n) is 18.8. The van der Waals surface area contributed by atoms with Crippen molar-refractivity contribution >= 4 is 0 Å². The molecule has 2 saturated heterocycles. The molecule has 17 heteroatoms. The van der Waals surface area contributed by atoms with Gasteiger partial charge < -0.3 is 24.1 Å². The molecule has 0 aromatic carbocycles. The Morgan fingerprint density at radius 2 is 1.49 bits per heavy atom. The van der Waals surface area contributed by atoms with Gasteiger partial charge in [-0.1, -0.05) is 26.9 Å². The highest BCUT2D eigenvalue weighted by Gasteiger charge is 2.58. The fourth-order valence-electron chi connectivity index (χ4n) is 5.39. The summed E-state index contributed by atoms with van der Waals surface area (Å²) in [4.78, 5) is 11.4. The number of hydrogen-bond donors (Lipinski definition) is 1. The van der Waals surface area contributed by atoms with Gasteiger partial charge in [-0.05, 0) is 47.8 Å². The van der Waals surface area contributed by atoms with Gasteiger partial charge in [0, 0.05) is 32.5 Å². The third-order valence-electron chi connectivity index (χ3n) is 6.96. The van der Waals surface area contributed by atoms with Gasteiger partial charge in [-0.3, -0.25) is 0 Å². The molecule has 1 N–H and O–H groups in total. The van der Waals surface area contributed by atoms with Crippen LogP contribution < -0.4 is 0 Å². The van der Waals surface area contributed by atoms with E-state index < -0.39 is 60.7 Å². The van der Waals surface area contributed by atoms with Gasteiger partial charge >= 0.3 is 0 Å². The second-order valence-corrected chi connectivity index (χ2v) is 9.05. The van der Waals surface area contributed by atoms with Crippen molar-refractivity contribution in [3.05, 3.63) is 41.8 Å². The number of ether oxygens (including phenoxy) is 4. The molecule has 2 saturated carbocycles. The SMILES string of the molecule is [N-]=[N+]=NC[C@H]1O[C@H](O[C@H]2[C@@H]3OC4(CCCCC4)O[C@H]3[C@H](N=[N+]=[N-])C[C@@H]2N=[N+]=[N-])[C@H](N=[N+]=[N-])C[C@@H]1O. The van der Waals surface area contributed by atoms with Crippen molar-refractivity contribution < 1.29 is 24.1 Å². The summed E-state index contributed by atoms with van der Waals surface area (Å²) in [7, 11) is 0. The molecule has 17 nitrogen and oxygen atoms in total. The minimum atomic E-state index is -1.14. The molecule has 188 valence electrons. The van der Waals surface area contributed by atoms with E-state index in [-0.39, 0.29) is 19.4 Å². The summed E-state index contributed by atoms with van der Waals surface area (Å²) in [6.07, 6.45) is -0.932.